The number of aliphatic carboxylic acids is 1. The molecular weight excluding hydrogens is 498 g/mol. The molecule has 14 nitrogen and oxygen atoms in total. The fourth-order valence-electron chi connectivity index (χ4n) is 3.34. The lowest BCUT2D eigenvalue weighted by atomic mass is 10.0. The molecule has 2 aromatic rings. The minimum absolute atomic E-state index is 0.102. The largest absolute Gasteiger partial charge is 0.480 e. The van der Waals surface area contributed by atoms with Gasteiger partial charge in [-0.25, -0.2) is 8.42 Å². The predicted octanol–water partition coefficient (Wildman–Crippen LogP) is 1.51. The topological polar surface area (TPSA) is 204 Å². The van der Waals surface area contributed by atoms with E-state index in [1.807, 2.05) is 0 Å². The van der Waals surface area contributed by atoms with Gasteiger partial charge in [-0.15, -0.1) is 0 Å². The molecule has 1 aliphatic rings. The van der Waals surface area contributed by atoms with E-state index >= 15 is 0 Å². The van der Waals surface area contributed by atoms with Crippen LogP contribution in [0.4, 0.5) is 11.4 Å². The highest BCUT2D eigenvalue weighted by Gasteiger charge is 2.42. The van der Waals surface area contributed by atoms with Gasteiger partial charge in [-0.05, 0) is 37.1 Å². The van der Waals surface area contributed by atoms with Crippen molar-refractivity contribution in [1.82, 2.24) is 4.31 Å². The number of carboxylic acid groups (broad SMARTS) is 1. The molecule has 16 heteroatoms. The Bertz CT molecular complexity index is 1320. The van der Waals surface area contributed by atoms with Crippen molar-refractivity contribution < 1.29 is 40.8 Å². The molecule has 34 heavy (non-hydrogen) atoms. The molecule has 3 rings (SSSR count). The molecule has 1 N–H and O–H groups in total. The van der Waals surface area contributed by atoms with Gasteiger partial charge in [0.2, 0.25) is 10.0 Å². The van der Waals surface area contributed by atoms with E-state index < -0.39 is 64.4 Å². The molecule has 0 spiro atoms. The van der Waals surface area contributed by atoms with Gasteiger partial charge in [0, 0.05) is 30.8 Å². The Morgan fingerprint density at radius 2 is 1.35 bits per heavy atom. The molecule has 1 aliphatic heterocycles. The Hall–Kier alpha value is -3.47. The number of piperidine rings is 1. The van der Waals surface area contributed by atoms with Gasteiger partial charge in [-0.3, -0.25) is 29.2 Å². The molecule has 0 radical (unpaired) electrons. The van der Waals surface area contributed by atoms with Gasteiger partial charge in [-0.1, -0.05) is 0 Å². The van der Waals surface area contributed by atoms with Crippen LogP contribution in [0.15, 0.2) is 58.3 Å². The minimum atomic E-state index is -4.49. The smallest absolute Gasteiger partial charge is 0.322 e. The molecule has 0 aromatic heterocycles. The first-order valence-corrected chi connectivity index (χ1v) is 12.3. The zero-order valence-corrected chi connectivity index (χ0v) is 18.7. The summed E-state index contributed by atoms with van der Waals surface area (Å²) in [4.78, 5) is 31.0. The summed E-state index contributed by atoms with van der Waals surface area (Å²) in [6.45, 7) is -0.623. The van der Waals surface area contributed by atoms with Crippen molar-refractivity contribution in [2.75, 3.05) is 6.54 Å². The maximum atomic E-state index is 13.1. The monoisotopic (exact) mass is 515 g/mol. The van der Waals surface area contributed by atoms with Crippen LogP contribution >= 0.6 is 0 Å². The van der Waals surface area contributed by atoms with Crippen LogP contribution in [-0.2, 0) is 29.1 Å². The van der Waals surface area contributed by atoms with Crippen LogP contribution in [0.5, 0.6) is 0 Å². The van der Waals surface area contributed by atoms with Crippen LogP contribution in [0.25, 0.3) is 0 Å². The normalized spacial score (nSPS) is 19.4. The van der Waals surface area contributed by atoms with Crippen LogP contribution in [0.1, 0.15) is 12.8 Å². The molecule has 1 saturated heterocycles. The van der Waals surface area contributed by atoms with Crippen LogP contribution in [0, 0.1) is 20.2 Å². The number of benzene rings is 2. The summed E-state index contributed by atoms with van der Waals surface area (Å²) in [5.74, 6) is -1.46. The first kappa shape index (κ1) is 25.2. The Labute approximate surface area is 192 Å². The van der Waals surface area contributed by atoms with E-state index in [4.69, 9.17) is 4.18 Å². The van der Waals surface area contributed by atoms with E-state index in [0.717, 1.165) is 48.5 Å². The second kappa shape index (κ2) is 9.41. The summed E-state index contributed by atoms with van der Waals surface area (Å²) in [6, 6.07) is 6.12. The summed E-state index contributed by atoms with van der Waals surface area (Å²) < 4.78 is 57.0. The van der Waals surface area contributed by atoms with Gasteiger partial charge in [0.1, 0.15) is 6.04 Å². The van der Waals surface area contributed by atoms with Gasteiger partial charge >= 0.3 is 5.97 Å². The summed E-state index contributed by atoms with van der Waals surface area (Å²) >= 11 is 0. The van der Waals surface area contributed by atoms with Gasteiger partial charge in [0.25, 0.3) is 21.5 Å². The third kappa shape index (κ3) is 5.19. The van der Waals surface area contributed by atoms with Crippen LogP contribution < -0.4 is 0 Å². The summed E-state index contributed by atoms with van der Waals surface area (Å²) in [7, 11) is -8.94. The van der Waals surface area contributed by atoms with Crippen molar-refractivity contribution in [1.29, 1.82) is 0 Å². The number of nitro groups is 2. The van der Waals surface area contributed by atoms with Gasteiger partial charge < -0.3 is 5.11 Å². The maximum Gasteiger partial charge on any atom is 0.322 e. The lowest BCUT2D eigenvalue weighted by Crippen LogP contribution is -2.52. The van der Waals surface area contributed by atoms with Gasteiger partial charge in [-0.2, -0.15) is 12.7 Å². The number of hydrogen-bond acceptors (Lipinski definition) is 10. The van der Waals surface area contributed by atoms with E-state index in [0.29, 0.717) is 4.31 Å². The molecule has 0 bridgehead atoms. The molecule has 2 atom stereocenters. The third-order valence-electron chi connectivity index (χ3n) is 5.03. The van der Waals surface area contributed by atoms with Gasteiger partial charge in [0.05, 0.1) is 25.7 Å². The lowest BCUT2D eigenvalue weighted by Gasteiger charge is -2.35. The number of non-ortho nitro benzene ring substituents is 2. The first-order chi connectivity index (χ1) is 15.8. The molecule has 0 aliphatic carbocycles. The summed E-state index contributed by atoms with van der Waals surface area (Å²) in [5.41, 5.74) is -0.718. The molecule has 0 saturated carbocycles. The molecule has 1 heterocycles. The Morgan fingerprint density at radius 3 is 1.79 bits per heavy atom. The molecular formula is C18H17N3O11S2. The average molecular weight is 515 g/mol. The third-order valence-corrected chi connectivity index (χ3v) is 8.30. The Kier molecular flexibility index (Phi) is 6.97. The SMILES string of the molecule is O=C(O)[C@@H]1CC[C@@H](OS(=O)(=O)c2ccc([N+](=O)[O-])cc2)CN1S(=O)(=O)c1ccc([N+](=O)[O-])cc1. The van der Waals surface area contributed by atoms with Crippen LogP contribution in [-0.4, -0.2) is 60.8 Å². The second-order valence-corrected chi connectivity index (χ2v) is 10.6. The van der Waals surface area contributed by atoms with Crippen molar-refractivity contribution in [3.8, 4) is 0 Å². The van der Waals surface area contributed by atoms with Crippen molar-refractivity contribution in [2.24, 2.45) is 0 Å². The van der Waals surface area contributed by atoms with E-state index in [9.17, 15) is 47.0 Å². The number of nitro benzene ring substituents is 2. The molecule has 0 unspecified atom stereocenters. The van der Waals surface area contributed by atoms with Crippen LogP contribution in [0.2, 0.25) is 0 Å². The fourth-order valence-corrected chi connectivity index (χ4v) is 6.08. The molecule has 182 valence electrons. The van der Waals surface area contributed by atoms with E-state index in [1.54, 1.807) is 0 Å². The molecule has 2 aromatic carbocycles. The fraction of sp³-hybridized carbons (Fsp3) is 0.278. The van der Waals surface area contributed by atoms with Crippen molar-refractivity contribution in [3.05, 3.63) is 68.8 Å². The standard InChI is InChI=1S/C18H17N3O11S2/c22-18(23)17-10-5-14(32-34(30,31)16-8-3-13(4-9-16)21(26)27)11-19(17)33(28,29)15-6-1-12(2-7-15)20(24)25/h1-4,6-9,14,17H,5,10-11H2,(H,22,23)/t14-,17+/m1/s1. The van der Waals surface area contributed by atoms with Crippen molar-refractivity contribution in [3.63, 3.8) is 0 Å². The van der Waals surface area contributed by atoms with Crippen molar-refractivity contribution >= 4 is 37.5 Å². The quantitative estimate of drug-likeness (QED) is 0.303. The van der Waals surface area contributed by atoms with E-state index in [-0.39, 0.29) is 24.2 Å². The number of hydrogen-bond donors (Lipinski definition) is 1. The number of carbonyl (C=O) groups is 1. The average Bonchev–Trinajstić information content (AvgIpc) is 2.78. The second-order valence-electron chi connectivity index (χ2n) is 7.18. The molecule has 1 fully saturated rings. The van der Waals surface area contributed by atoms with E-state index in [2.05, 4.69) is 0 Å². The van der Waals surface area contributed by atoms with Gasteiger partial charge in [0.15, 0.2) is 0 Å². The van der Waals surface area contributed by atoms with E-state index in [1.165, 1.54) is 0 Å². The lowest BCUT2D eigenvalue weighted by molar-refractivity contribution is -0.385. The number of sulfonamides is 1. The first-order valence-electron chi connectivity index (χ1n) is 9.50. The minimum Gasteiger partial charge on any atom is -0.480 e. The van der Waals surface area contributed by atoms with Crippen LogP contribution in [0.3, 0.4) is 0 Å². The maximum absolute atomic E-state index is 13.1. The number of carboxylic acids is 1. The number of nitrogens with zero attached hydrogens (tertiary/aromatic N) is 3. The highest BCUT2D eigenvalue weighted by Crippen LogP contribution is 2.30. The summed E-state index contributed by atoms with van der Waals surface area (Å²) in [5, 5.41) is 31.0. The number of rotatable bonds is 8. The highest BCUT2D eigenvalue weighted by atomic mass is 32.2. The van der Waals surface area contributed by atoms with Crippen molar-refractivity contribution in [2.45, 2.75) is 34.8 Å². The highest BCUT2D eigenvalue weighted by molar-refractivity contribution is 7.89. The molecule has 0 amide bonds. The predicted molar refractivity (Wildman–Crippen MR) is 113 cm³/mol. The zero-order valence-electron chi connectivity index (χ0n) is 17.1. The summed E-state index contributed by atoms with van der Waals surface area (Å²) in [6.07, 6.45) is -1.61. The zero-order chi connectivity index (χ0) is 25.3. The Balaban J connectivity index is 1.86. The Morgan fingerprint density at radius 1 is 0.882 bits per heavy atom.